The molecule has 3 aromatic carbocycles. The molecule has 2 amide bonds. The van der Waals surface area contributed by atoms with Gasteiger partial charge in [0, 0.05) is 18.5 Å². The number of benzene rings is 3. The van der Waals surface area contributed by atoms with Crippen LogP contribution in [0.1, 0.15) is 40.7 Å². The molecule has 1 saturated heterocycles. The molecule has 0 radical (unpaired) electrons. The summed E-state index contributed by atoms with van der Waals surface area (Å²) < 4.78 is 10.7. The normalized spacial score (nSPS) is 15.1. The Balaban J connectivity index is 1.33. The Morgan fingerprint density at radius 3 is 2.25 bits per heavy atom. The number of carbonyl (C=O) groups is 4. The summed E-state index contributed by atoms with van der Waals surface area (Å²) in [5.74, 6) is -0.582. The van der Waals surface area contributed by atoms with Crippen LogP contribution in [0.4, 0.5) is 4.79 Å². The number of hydrogen-bond acceptors (Lipinski definition) is 7. The quantitative estimate of drug-likeness (QED) is 0.236. The van der Waals surface area contributed by atoms with E-state index in [-0.39, 0.29) is 31.1 Å². The van der Waals surface area contributed by atoms with Gasteiger partial charge in [0.1, 0.15) is 18.4 Å². The van der Waals surface area contributed by atoms with E-state index in [2.05, 4.69) is 16.0 Å². The van der Waals surface area contributed by atoms with E-state index >= 15 is 0 Å². The molecule has 0 bridgehead atoms. The monoisotopic (exact) mass is 543 g/mol. The molecule has 1 aliphatic rings. The fraction of sp³-hybridized carbons (Fsp3) is 0.290. The largest absolute Gasteiger partial charge is 0.489 e. The molecule has 208 valence electrons. The number of Topliss-reactive ketones (excluding diaryl/α,β-unsaturated/α-hetero) is 1. The van der Waals surface area contributed by atoms with Crippen molar-refractivity contribution in [3.05, 3.63) is 102 Å². The molecule has 0 aliphatic carbocycles. The zero-order valence-corrected chi connectivity index (χ0v) is 22.1. The summed E-state index contributed by atoms with van der Waals surface area (Å²) >= 11 is 0. The fourth-order valence-corrected chi connectivity index (χ4v) is 4.32. The summed E-state index contributed by atoms with van der Waals surface area (Å²) in [5, 5.41) is 8.24. The van der Waals surface area contributed by atoms with Gasteiger partial charge in [0.25, 0.3) is 5.91 Å². The van der Waals surface area contributed by atoms with Gasteiger partial charge in [0.2, 0.25) is 0 Å². The van der Waals surface area contributed by atoms with Crippen LogP contribution in [0.3, 0.4) is 0 Å². The average Bonchev–Trinajstić information content (AvgIpc) is 3.53. The van der Waals surface area contributed by atoms with Gasteiger partial charge < -0.3 is 25.4 Å². The van der Waals surface area contributed by atoms with E-state index < -0.39 is 24.1 Å². The summed E-state index contributed by atoms with van der Waals surface area (Å²) in [6, 6.07) is 24.5. The molecule has 1 aliphatic heterocycles. The highest BCUT2D eigenvalue weighted by Gasteiger charge is 2.26. The third-order valence-corrected chi connectivity index (χ3v) is 6.52. The van der Waals surface area contributed by atoms with Crippen molar-refractivity contribution in [2.45, 2.75) is 44.4 Å². The van der Waals surface area contributed by atoms with Gasteiger partial charge >= 0.3 is 12.1 Å². The molecule has 0 saturated carbocycles. The Morgan fingerprint density at radius 2 is 1.57 bits per heavy atom. The van der Waals surface area contributed by atoms with Crippen LogP contribution in [-0.2, 0) is 27.4 Å². The number of carbonyl (C=O) groups excluding carboxylic acids is 4. The van der Waals surface area contributed by atoms with Crippen molar-refractivity contribution in [2.75, 3.05) is 13.1 Å². The van der Waals surface area contributed by atoms with Gasteiger partial charge in [0.05, 0.1) is 6.04 Å². The van der Waals surface area contributed by atoms with E-state index in [1.54, 1.807) is 30.3 Å². The maximum absolute atomic E-state index is 13.1. The van der Waals surface area contributed by atoms with Gasteiger partial charge in [0.15, 0.2) is 5.78 Å². The first-order valence-corrected chi connectivity index (χ1v) is 13.3. The first-order valence-electron chi connectivity index (χ1n) is 13.3. The number of nitrogens with one attached hydrogen (secondary N) is 3. The van der Waals surface area contributed by atoms with Gasteiger partial charge in [-0.3, -0.25) is 9.59 Å². The van der Waals surface area contributed by atoms with Crippen molar-refractivity contribution in [3.63, 3.8) is 0 Å². The van der Waals surface area contributed by atoms with Crippen molar-refractivity contribution in [3.8, 4) is 5.75 Å². The summed E-state index contributed by atoms with van der Waals surface area (Å²) in [4.78, 5) is 50.0. The van der Waals surface area contributed by atoms with Crippen molar-refractivity contribution in [1.29, 1.82) is 0 Å². The standard InChI is InChI=1S/C31H33N3O6/c35-28(17-19-33-31(38)40-30(37)26-12-7-18-32-26)27(34-29(36)24-10-5-2-6-11-24)20-22-13-15-25(16-14-22)39-21-23-8-3-1-4-9-23/h1-6,8-11,13-16,26-27,32H,7,12,17-21H2,(H,33,38)(H,34,36)/t26-,27?/m0/s1. The highest BCUT2D eigenvalue weighted by atomic mass is 16.6. The maximum Gasteiger partial charge on any atom is 0.414 e. The minimum atomic E-state index is -0.900. The molecule has 4 rings (SSSR count). The fourth-order valence-electron chi connectivity index (χ4n) is 4.32. The molecule has 1 heterocycles. The molecule has 0 spiro atoms. The van der Waals surface area contributed by atoms with Gasteiger partial charge in [-0.25, -0.2) is 9.59 Å². The van der Waals surface area contributed by atoms with E-state index in [0.29, 0.717) is 30.9 Å². The van der Waals surface area contributed by atoms with Crippen molar-refractivity contribution >= 4 is 23.8 Å². The van der Waals surface area contributed by atoms with Gasteiger partial charge in [-0.1, -0.05) is 60.7 Å². The zero-order valence-electron chi connectivity index (χ0n) is 22.1. The van der Waals surface area contributed by atoms with Crippen LogP contribution in [0.25, 0.3) is 0 Å². The number of amides is 2. The third kappa shape index (κ3) is 8.78. The lowest BCUT2D eigenvalue weighted by atomic mass is 9.99. The third-order valence-electron chi connectivity index (χ3n) is 6.52. The van der Waals surface area contributed by atoms with Gasteiger partial charge in [-0.05, 0) is 61.2 Å². The Labute approximate surface area is 233 Å². The van der Waals surface area contributed by atoms with Crippen molar-refractivity contribution in [2.24, 2.45) is 0 Å². The van der Waals surface area contributed by atoms with Crippen LogP contribution in [0.15, 0.2) is 84.9 Å². The second kappa shape index (κ2) is 14.6. The number of ether oxygens (including phenoxy) is 2. The van der Waals surface area contributed by atoms with E-state index in [1.807, 2.05) is 54.6 Å². The molecule has 9 nitrogen and oxygen atoms in total. The van der Waals surface area contributed by atoms with Crippen LogP contribution in [-0.4, -0.2) is 48.9 Å². The summed E-state index contributed by atoms with van der Waals surface area (Å²) in [5.41, 5.74) is 2.32. The average molecular weight is 544 g/mol. The smallest absolute Gasteiger partial charge is 0.414 e. The van der Waals surface area contributed by atoms with Crippen LogP contribution in [0.5, 0.6) is 5.75 Å². The predicted octanol–water partition coefficient (Wildman–Crippen LogP) is 3.57. The minimum Gasteiger partial charge on any atom is -0.489 e. The predicted molar refractivity (Wildman–Crippen MR) is 149 cm³/mol. The molecule has 2 atom stereocenters. The Hall–Kier alpha value is -4.50. The van der Waals surface area contributed by atoms with Gasteiger partial charge in [-0.15, -0.1) is 0 Å². The molecule has 9 heteroatoms. The SMILES string of the molecule is O=C(NCCC(=O)C(Cc1ccc(OCc2ccccc2)cc1)NC(=O)c1ccccc1)OC(=O)[C@@H]1CCCN1. The molecule has 3 N–H and O–H groups in total. The van der Waals surface area contributed by atoms with E-state index in [1.165, 1.54) is 0 Å². The first kappa shape index (κ1) is 28.5. The van der Waals surface area contributed by atoms with Crippen LogP contribution >= 0.6 is 0 Å². The molecular formula is C31H33N3O6. The highest BCUT2D eigenvalue weighted by molar-refractivity contribution is 5.98. The molecule has 3 aromatic rings. The lowest BCUT2D eigenvalue weighted by molar-refractivity contribution is -0.139. The number of rotatable bonds is 12. The van der Waals surface area contributed by atoms with E-state index in [4.69, 9.17) is 9.47 Å². The topological polar surface area (TPSA) is 123 Å². The number of hydrogen-bond donors (Lipinski definition) is 3. The second-order valence-electron chi connectivity index (χ2n) is 9.52. The van der Waals surface area contributed by atoms with Crippen molar-refractivity contribution in [1.82, 2.24) is 16.0 Å². The van der Waals surface area contributed by atoms with Crippen molar-refractivity contribution < 1.29 is 28.7 Å². The van der Waals surface area contributed by atoms with Gasteiger partial charge in [-0.2, -0.15) is 0 Å². The Kier molecular flexibility index (Phi) is 10.4. The van der Waals surface area contributed by atoms with E-state index in [9.17, 15) is 19.2 Å². The summed E-state index contributed by atoms with van der Waals surface area (Å²) in [6.45, 7) is 1.11. The highest BCUT2D eigenvalue weighted by Crippen LogP contribution is 2.16. The number of alkyl carbamates (subject to hydrolysis) is 1. The Bertz CT molecular complexity index is 1280. The van der Waals surface area contributed by atoms with Crippen LogP contribution in [0, 0.1) is 0 Å². The molecule has 1 unspecified atom stereocenters. The summed E-state index contributed by atoms with van der Waals surface area (Å²) in [7, 11) is 0. The van der Waals surface area contributed by atoms with Crippen LogP contribution < -0.4 is 20.7 Å². The Morgan fingerprint density at radius 1 is 0.875 bits per heavy atom. The first-order chi connectivity index (χ1) is 19.5. The second-order valence-corrected chi connectivity index (χ2v) is 9.52. The van der Waals surface area contributed by atoms with Crippen LogP contribution in [0.2, 0.25) is 0 Å². The zero-order chi connectivity index (χ0) is 28.2. The molecule has 0 aromatic heterocycles. The molecule has 1 fully saturated rings. The minimum absolute atomic E-state index is 0.0347. The summed E-state index contributed by atoms with van der Waals surface area (Å²) in [6.07, 6.45) is 0.765. The maximum atomic E-state index is 13.1. The number of esters is 1. The number of ketones is 1. The molecule has 40 heavy (non-hydrogen) atoms. The molecular weight excluding hydrogens is 510 g/mol. The lowest BCUT2D eigenvalue weighted by Crippen LogP contribution is -2.43. The van der Waals surface area contributed by atoms with E-state index in [0.717, 1.165) is 17.5 Å². The lowest BCUT2D eigenvalue weighted by Gasteiger charge is -2.19.